The quantitative estimate of drug-likeness (QED) is 0.837. The van der Waals surface area contributed by atoms with Gasteiger partial charge in [0.2, 0.25) is 0 Å². The molecule has 0 saturated heterocycles. The van der Waals surface area contributed by atoms with Crippen LogP contribution in [0.25, 0.3) is 0 Å². The van der Waals surface area contributed by atoms with E-state index >= 15 is 0 Å². The second-order valence-corrected chi connectivity index (χ2v) is 5.94. The van der Waals surface area contributed by atoms with Crippen molar-refractivity contribution in [1.82, 2.24) is 4.98 Å². The molecule has 1 saturated carbocycles. The van der Waals surface area contributed by atoms with Crippen LogP contribution in [0.4, 0.5) is 5.00 Å². The number of carbonyl (C=O) groups excluding carboxylic acids is 1. The fraction of sp³-hybridized carbons (Fsp3) is 0.714. The van der Waals surface area contributed by atoms with Gasteiger partial charge in [0.1, 0.15) is 5.00 Å². The highest BCUT2D eigenvalue weighted by molar-refractivity contribution is 7.14. The van der Waals surface area contributed by atoms with Gasteiger partial charge in [0.05, 0.1) is 12.1 Å². The van der Waals surface area contributed by atoms with Crippen LogP contribution in [0.3, 0.4) is 0 Å². The maximum Gasteiger partial charge on any atom is 0.360 e. The van der Waals surface area contributed by atoms with Crippen LogP contribution in [0.2, 0.25) is 0 Å². The highest BCUT2D eigenvalue weighted by Gasteiger charge is 2.23. The second-order valence-electron chi connectivity index (χ2n) is 5.08. The van der Waals surface area contributed by atoms with Crippen LogP contribution < -0.4 is 5.32 Å². The van der Waals surface area contributed by atoms with Crippen molar-refractivity contribution < 1.29 is 9.53 Å². The summed E-state index contributed by atoms with van der Waals surface area (Å²) < 4.78 is 5.02. The molecule has 1 aliphatic carbocycles. The third-order valence-electron chi connectivity index (χ3n) is 3.75. The summed E-state index contributed by atoms with van der Waals surface area (Å²) in [6.07, 6.45) is 6.56. The van der Waals surface area contributed by atoms with Crippen molar-refractivity contribution >= 4 is 22.3 Å². The molecule has 1 heterocycles. The van der Waals surface area contributed by atoms with Crippen molar-refractivity contribution in [2.45, 2.75) is 52.0 Å². The zero-order chi connectivity index (χ0) is 13.7. The molecule has 0 aliphatic heterocycles. The molecule has 4 nitrogen and oxygen atoms in total. The van der Waals surface area contributed by atoms with Crippen LogP contribution in [0, 0.1) is 5.92 Å². The molecule has 0 aromatic carbocycles. The Hall–Kier alpha value is -1.10. The minimum absolute atomic E-state index is 0.331. The molecule has 0 spiro atoms. The number of esters is 1. The van der Waals surface area contributed by atoms with Crippen molar-refractivity contribution in [3.8, 4) is 0 Å². The largest absolute Gasteiger partial charge is 0.461 e. The first-order valence-electron chi connectivity index (χ1n) is 7.09. The van der Waals surface area contributed by atoms with Gasteiger partial charge >= 0.3 is 5.97 Å². The first-order chi connectivity index (χ1) is 9.22. The lowest BCUT2D eigenvalue weighted by Gasteiger charge is -2.28. The summed E-state index contributed by atoms with van der Waals surface area (Å²) in [5, 5.41) is 4.30. The number of nitrogens with one attached hydrogen (secondary N) is 1. The topological polar surface area (TPSA) is 51.2 Å². The average Bonchev–Trinajstić information content (AvgIpc) is 2.88. The fourth-order valence-corrected chi connectivity index (χ4v) is 3.42. The maximum absolute atomic E-state index is 11.8. The van der Waals surface area contributed by atoms with Gasteiger partial charge in [0.25, 0.3) is 0 Å². The Bertz CT molecular complexity index is 413. The number of aromatic nitrogens is 1. The molecular weight excluding hydrogens is 260 g/mol. The summed E-state index contributed by atoms with van der Waals surface area (Å²) in [7, 11) is 0. The Labute approximate surface area is 118 Å². The van der Waals surface area contributed by atoms with Crippen LogP contribution in [0.5, 0.6) is 0 Å². The molecule has 1 aromatic heterocycles. The monoisotopic (exact) mass is 282 g/mol. The fourth-order valence-electron chi connectivity index (χ4n) is 2.65. The van der Waals surface area contributed by atoms with Gasteiger partial charge in [-0.1, -0.05) is 19.3 Å². The summed E-state index contributed by atoms with van der Waals surface area (Å²) in [6.45, 7) is 4.39. The molecule has 1 atom stereocenters. The van der Waals surface area contributed by atoms with Gasteiger partial charge in [0.15, 0.2) is 5.69 Å². The van der Waals surface area contributed by atoms with E-state index in [-0.39, 0.29) is 5.97 Å². The number of ether oxygens (including phenoxy) is 1. The number of anilines is 1. The Kier molecular flexibility index (Phi) is 5.19. The number of nitrogens with zero attached hydrogens (tertiary/aromatic N) is 1. The Morgan fingerprint density at radius 3 is 2.95 bits per heavy atom. The number of hydrogen-bond donors (Lipinski definition) is 1. The predicted molar refractivity (Wildman–Crippen MR) is 77.7 cm³/mol. The first-order valence-corrected chi connectivity index (χ1v) is 7.97. The standard InChI is InChI=1S/C14H22N2O2S/c1-3-18-14(17)12-13(19-9-15-12)16-10(2)11-7-5-4-6-8-11/h9-11,16H,3-8H2,1-2H3. The van der Waals surface area contributed by atoms with E-state index in [2.05, 4.69) is 17.2 Å². The summed E-state index contributed by atoms with van der Waals surface area (Å²) >= 11 is 1.47. The van der Waals surface area contributed by atoms with E-state index in [1.165, 1.54) is 43.4 Å². The molecule has 2 rings (SSSR count). The molecule has 1 fully saturated rings. The number of thiazole rings is 1. The molecule has 1 aromatic rings. The van der Waals surface area contributed by atoms with Gasteiger partial charge in [-0.05, 0) is 32.6 Å². The van der Waals surface area contributed by atoms with Gasteiger partial charge in [-0.3, -0.25) is 0 Å². The van der Waals surface area contributed by atoms with Gasteiger partial charge in [0, 0.05) is 6.04 Å². The van der Waals surface area contributed by atoms with Gasteiger partial charge in [-0.15, -0.1) is 11.3 Å². The lowest BCUT2D eigenvalue weighted by atomic mass is 9.84. The summed E-state index contributed by atoms with van der Waals surface area (Å²) in [5.41, 5.74) is 2.12. The molecule has 0 radical (unpaired) electrons. The normalized spacial score (nSPS) is 18.0. The number of carbonyl (C=O) groups is 1. The Morgan fingerprint density at radius 2 is 2.26 bits per heavy atom. The van der Waals surface area contributed by atoms with E-state index in [9.17, 15) is 4.79 Å². The van der Waals surface area contributed by atoms with E-state index < -0.39 is 0 Å². The Morgan fingerprint density at radius 1 is 1.53 bits per heavy atom. The third-order valence-corrected chi connectivity index (χ3v) is 4.51. The van der Waals surface area contributed by atoms with Crippen molar-refractivity contribution in [3.63, 3.8) is 0 Å². The van der Waals surface area contributed by atoms with E-state index in [1.54, 1.807) is 5.51 Å². The summed E-state index contributed by atoms with van der Waals surface area (Å²) in [4.78, 5) is 15.9. The molecular formula is C14H22N2O2S. The average molecular weight is 282 g/mol. The van der Waals surface area contributed by atoms with E-state index in [4.69, 9.17) is 4.74 Å². The smallest absolute Gasteiger partial charge is 0.360 e. The van der Waals surface area contributed by atoms with Gasteiger partial charge in [-0.25, -0.2) is 9.78 Å². The molecule has 0 amide bonds. The Balaban J connectivity index is 1.98. The summed E-state index contributed by atoms with van der Waals surface area (Å²) in [6, 6.07) is 0.383. The first kappa shape index (κ1) is 14.3. The van der Waals surface area contributed by atoms with E-state index in [0.29, 0.717) is 24.3 Å². The number of rotatable bonds is 5. The molecule has 1 aliphatic rings. The minimum atomic E-state index is -0.331. The molecule has 5 heteroatoms. The zero-order valence-electron chi connectivity index (χ0n) is 11.6. The van der Waals surface area contributed by atoms with Crippen molar-refractivity contribution in [3.05, 3.63) is 11.2 Å². The van der Waals surface area contributed by atoms with Crippen LogP contribution >= 0.6 is 11.3 Å². The second kappa shape index (κ2) is 6.89. The molecule has 19 heavy (non-hydrogen) atoms. The molecule has 1 unspecified atom stereocenters. The lowest BCUT2D eigenvalue weighted by molar-refractivity contribution is 0.0521. The van der Waals surface area contributed by atoms with Gasteiger partial charge < -0.3 is 10.1 Å². The lowest BCUT2D eigenvalue weighted by Crippen LogP contribution is -2.28. The highest BCUT2D eigenvalue weighted by Crippen LogP contribution is 2.30. The minimum Gasteiger partial charge on any atom is -0.461 e. The van der Waals surface area contributed by atoms with Crippen LogP contribution in [0.1, 0.15) is 56.4 Å². The van der Waals surface area contributed by atoms with Crippen molar-refractivity contribution in [1.29, 1.82) is 0 Å². The van der Waals surface area contributed by atoms with Crippen molar-refractivity contribution in [2.75, 3.05) is 11.9 Å². The van der Waals surface area contributed by atoms with Crippen LogP contribution in [-0.4, -0.2) is 23.6 Å². The van der Waals surface area contributed by atoms with Crippen molar-refractivity contribution in [2.24, 2.45) is 5.92 Å². The SMILES string of the molecule is CCOC(=O)c1ncsc1NC(C)C1CCCCC1. The molecule has 0 bridgehead atoms. The van der Waals surface area contributed by atoms with E-state index in [0.717, 1.165) is 5.00 Å². The maximum atomic E-state index is 11.8. The van der Waals surface area contributed by atoms with E-state index in [1.807, 2.05) is 6.92 Å². The molecule has 1 N–H and O–H groups in total. The third kappa shape index (κ3) is 3.69. The highest BCUT2D eigenvalue weighted by atomic mass is 32.1. The zero-order valence-corrected chi connectivity index (χ0v) is 12.5. The van der Waals surface area contributed by atoms with Gasteiger partial charge in [-0.2, -0.15) is 0 Å². The predicted octanol–water partition coefficient (Wildman–Crippen LogP) is 3.70. The summed E-state index contributed by atoms with van der Waals surface area (Å²) in [5.74, 6) is 0.369. The molecule has 106 valence electrons. The number of hydrogen-bond acceptors (Lipinski definition) is 5. The van der Waals surface area contributed by atoms with Crippen LogP contribution in [0.15, 0.2) is 5.51 Å². The van der Waals surface area contributed by atoms with Crippen LogP contribution in [-0.2, 0) is 4.74 Å².